The molecule has 0 fully saturated rings. The van der Waals surface area contributed by atoms with Gasteiger partial charge in [0.15, 0.2) is 0 Å². The molecule has 0 heterocycles. The lowest BCUT2D eigenvalue weighted by Gasteiger charge is -2.12. The zero-order valence-corrected chi connectivity index (χ0v) is 12.9. The van der Waals surface area contributed by atoms with Gasteiger partial charge in [0.1, 0.15) is 10.9 Å². The van der Waals surface area contributed by atoms with Crippen LogP contribution >= 0.6 is 39.1 Å². The molecule has 0 aliphatic carbocycles. The number of benzene rings is 1. The maximum atomic E-state index is 11.9. The van der Waals surface area contributed by atoms with E-state index in [4.69, 9.17) is 28.3 Å². The predicted molar refractivity (Wildman–Crippen MR) is 71.6 cm³/mol. The van der Waals surface area contributed by atoms with Crippen molar-refractivity contribution in [2.45, 2.75) is 17.9 Å². The lowest BCUT2D eigenvalue weighted by Crippen LogP contribution is -2.38. The van der Waals surface area contributed by atoms with Crippen LogP contribution in [0.4, 0.5) is 0 Å². The number of hydrogen-bond acceptors (Lipinski definition) is 3. The highest BCUT2D eigenvalue weighted by Gasteiger charge is 2.26. The van der Waals surface area contributed by atoms with E-state index in [-0.39, 0.29) is 14.9 Å². The van der Waals surface area contributed by atoms with Crippen LogP contribution in [0.15, 0.2) is 21.5 Å². The van der Waals surface area contributed by atoms with E-state index in [9.17, 15) is 13.2 Å². The molecule has 0 aliphatic heterocycles. The minimum absolute atomic E-state index is 0.0977. The van der Waals surface area contributed by atoms with Gasteiger partial charge >= 0.3 is 5.97 Å². The summed E-state index contributed by atoms with van der Waals surface area (Å²) in [5.41, 5.74) is 0. The molecule has 100 valence electrons. The highest BCUT2D eigenvalue weighted by molar-refractivity contribution is 9.10. The summed E-state index contributed by atoms with van der Waals surface area (Å²) < 4.78 is 26.4. The number of carboxylic acid groups (broad SMARTS) is 1. The fourth-order valence-electron chi connectivity index (χ4n) is 1.13. The first-order valence-electron chi connectivity index (χ1n) is 4.55. The molecule has 0 saturated heterocycles. The molecule has 0 aliphatic rings. The molecule has 9 heteroatoms. The minimum Gasteiger partial charge on any atom is -0.480 e. The Hall–Kier alpha value is -0.340. The van der Waals surface area contributed by atoms with Gasteiger partial charge in [-0.1, -0.05) is 39.1 Å². The molecule has 1 atom stereocenters. The first kappa shape index (κ1) is 15.7. The Balaban J connectivity index is 3.25. The first-order chi connectivity index (χ1) is 8.15. The number of carbonyl (C=O) groups is 1. The van der Waals surface area contributed by atoms with Crippen molar-refractivity contribution in [2.24, 2.45) is 0 Å². The summed E-state index contributed by atoms with van der Waals surface area (Å²) in [5.74, 6) is -1.30. The predicted octanol–water partition coefficient (Wildman–Crippen LogP) is 2.51. The summed E-state index contributed by atoms with van der Waals surface area (Å²) >= 11 is 14.7. The van der Waals surface area contributed by atoms with Gasteiger partial charge in [-0.2, -0.15) is 4.72 Å². The molecule has 0 aromatic heterocycles. The van der Waals surface area contributed by atoms with Crippen LogP contribution < -0.4 is 4.72 Å². The second kappa shape index (κ2) is 5.75. The maximum Gasteiger partial charge on any atom is 0.321 e. The summed E-state index contributed by atoms with van der Waals surface area (Å²) in [7, 11) is -4.10. The summed E-state index contributed by atoms with van der Waals surface area (Å²) in [6.07, 6.45) is 0. The number of nitrogens with one attached hydrogen (secondary N) is 1. The van der Waals surface area contributed by atoms with Gasteiger partial charge in [0.05, 0.1) is 10.0 Å². The van der Waals surface area contributed by atoms with Gasteiger partial charge in [-0.25, -0.2) is 8.42 Å². The molecule has 5 nitrogen and oxygen atoms in total. The van der Waals surface area contributed by atoms with E-state index in [0.717, 1.165) is 0 Å². The third kappa shape index (κ3) is 3.58. The van der Waals surface area contributed by atoms with Crippen LogP contribution in [0.1, 0.15) is 6.92 Å². The van der Waals surface area contributed by atoms with Crippen LogP contribution in [0.5, 0.6) is 0 Å². The van der Waals surface area contributed by atoms with Crippen molar-refractivity contribution in [3.8, 4) is 0 Å². The summed E-state index contributed by atoms with van der Waals surface area (Å²) in [4.78, 5) is 10.3. The molecule has 1 aromatic carbocycles. The zero-order chi connectivity index (χ0) is 14.1. The Morgan fingerprint density at radius 2 is 1.83 bits per heavy atom. The second-order valence-corrected chi connectivity index (χ2v) is 6.76. The van der Waals surface area contributed by atoms with Gasteiger partial charge in [-0.05, 0) is 19.1 Å². The second-order valence-electron chi connectivity index (χ2n) is 3.38. The fourth-order valence-corrected chi connectivity index (χ4v) is 4.26. The zero-order valence-electron chi connectivity index (χ0n) is 8.95. The maximum absolute atomic E-state index is 11.9. The molecular formula is C9H8BrCl2NO4S. The molecule has 0 unspecified atom stereocenters. The lowest BCUT2D eigenvalue weighted by molar-refractivity contribution is -0.138. The highest BCUT2D eigenvalue weighted by atomic mass is 79.9. The fraction of sp³-hybridized carbons (Fsp3) is 0.222. The van der Waals surface area contributed by atoms with Crippen molar-refractivity contribution in [2.75, 3.05) is 0 Å². The molecule has 1 rings (SSSR count). The lowest BCUT2D eigenvalue weighted by atomic mass is 10.4. The van der Waals surface area contributed by atoms with E-state index in [0.29, 0.717) is 4.47 Å². The van der Waals surface area contributed by atoms with E-state index in [1.165, 1.54) is 19.1 Å². The van der Waals surface area contributed by atoms with E-state index in [2.05, 4.69) is 15.9 Å². The minimum atomic E-state index is -4.10. The topological polar surface area (TPSA) is 83.5 Å². The normalized spacial score (nSPS) is 13.3. The summed E-state index contributed by atoms with van der Waals surface area (Å²) in [6, 6.07) is 1.42. The smallest absolute Gasteiger partial charge is 0.321 e. The van der Waals surface area contributed by atoms with Crippen molar-refractivity contribution in [1.82, 2.24) is 4.72 Å². The third-order valence-corrected chi connectivity index (χ3v) is 4.85. The number of rotatable bonds is 4. The van der Waals surface area contributed by atoms with Crippen molar-refractivity contribution >= 4 is 55.1 Å². The van der Waals surface area contributed by atoms with Crippen LogP contribution in [-0.2, 0) is 14.8 Å². The van der Waals surface area contributed by atoms with E-state index < -0.39 is 22.0 Å². The van der Waals surface area contributed by atoms with E-state index >= 15 is 0 Å². The van der Waals surface area contributed by atoms with Crippen LogP contribution in [0.25, 0.3) is 0 Å². The SMILES string of the molecule is C[C@H](NS(=O)(=O)c1c(Cl)cc(Br)cc1Cl)C(=O)O. The molecule has 0 amide bonds. The standard InChI is InChI=1S/C9H8BrCl2NO4S/c1-4(9(14)15)13-18(16,17)8-6(11)2-5(10)3-7(8)12/h2-4,13H,1H3,(H,14,15)/t4-/m0/s1. The van der Waals surface area contributed by atoms with Crippen LogP contribution in [0, 0.1) is 0 Å². The van der Waals surface area contributed by atoms with Crippen LogP contribution in [0.3, 0.4) is 0 Å². The summed E-state index contributed by atoms with van der Waals surface area (Å²) in [6.45, 7) is 1.19. The van der Waals surface area contributed by atoms with Gasteiger partial charge in [-0.15, -0.1) is 0 Å². The van der Waals surface area contributed by atoms with E-state index in [1.54, 1.807) is 0 Å². The average Bonchev–Trinajstić information content (AvgIpc) is 2.13. The Bertz CT molecular complexity index is 567. The van der Waals surface area contributed by atoms with Gasteiger partial charge in [-0.3, -0.25) is 4.79 Å². The molecule has 2 N–H and O–H groups in total. The molecule has 0 saturated carbocycles. The van der Waals surface area contributed by atoms with Crippen molar-refractivity contribution in [3.63, 3.8) is 0 Å². The van der Waals surface area contributed by atoms with Gasteiger partial charge in [0.25, 0.3) is 0 Å². The van der Waals surface area contributed by atoms with Crippen molar-refractivity contribution < 1.29 is 18.3 Å². The van der Waals surface area contributed by atoms with Crippen molar-refractivity contribution in [1.29, 1.82) is 0 Å². The number of halogens is 3. The largest absolute Gasteiger partial charge is 0.480 e. The Labute approximate surface area is 122 Å². The Kier molecular flexibility index (Phi) is 5.02. The highest BCUT2D eigenvalue weighted by Crippen LogP contribution is 2.32. The molecule has 0 radical (unpaired) electrons. The summed E-state index contributed by atoms with van der Waals surface area (Å²) in [5, 5.41) is 8.48. The number of hydrogen-bond donors (Lipinski definition) is 2. The van der Waals surface area contributed by atoms with E-state index in [1.807, 2.05) is 4.72 Å². The number of aliphatic carboxylic acids is 1. The molecule has 0 bridgehead atoms. The number of sulfonamides is 1. The van der Waals surface area contributed by atoms with Gasteiger partial charge < -0.3 is 5.11 Å². The number of carboxylic acids is 1. The van der Waals surface area contributed by atoms with Crippen LogP contribution in [-0.4, -0.2) is 25.5 Å². The van der Waals surface area contributed by atoms with Crippen LogP contribution in [0.2, 0.25) is 10.0 Å². The molecule has 18 heavy (non-hydrogen) atoms. The van der Waals surface area contributed by atoms with Gasteiger partial charge in [0.2, 0.25) is 10.0 Å². The Morgan fingerprint density at radius 1 is 1.39 bits per heavy atom. The Morgan fingerprint density at radius 3 is 2.22 bits per heavy atom. The molecular weight excluding hydrogens is 369 g/mol. The molecule has 0 spiro atoms. The van der Waals surface area contributed by atoms with Crippen molar-refractivity contribution in [3.05, 3.63) is 26.7 Å². The quantitative estimate of drug-likeness (QED) is 0.845. The molecule has 1 aromatic rings. The third-order valence-electron chi connectivity index (χ3n) is 1.93. The average molecular weight is 377 g/mol. The van der Waals surface area contributed by atoms with Gasteiger partial charge in [0, 0.05) is 4.47 Å². The monoisotopic (exact) mass is 375 g/mol. The first-order valence-corrected chi connectivity index (χ1v) is 7.58.